The fourth-order valence-corrected chi connectivity index (χ4v) is 14.0. The zero-order chi connectivity index (χ0) is 43.6. The summed E-state index contributed by atoms with van der Waals surface area (Å²) in [7, 11) is -2.84. The highest BCUT2D eigenvalue weighted by molar-refractivity contribution is 6.99. The second-order valence-electron chi connectivity index (χ2n) is 19.5. The van der Waals surface area contributed by atoms with Gasteiger partial charge in [-0.15, -0.1) is 0 Å². The van der Waals surface area contributed by atoms with Crippen LogP contribution < -0.4 is 10.4 Å². The topological polar surface area (TPSA) is 76.1 Å². The molecule has 2 unspecified atom stereocenters. The van der Waals surface area contributed by atoms with Crippen molar-refractivity contribution in [3.05, 3.63) is 108 Å². The standard InChI is InChI=1S/C52H75NO6Si/c1-38(21-20-22-39(2)48(57-47-27-18-19-35-55-47)41(4)49(54)51(8,9)46-32-36-56-52(10,11)58-46)28-29-45(40(3)37-42-30-33-53-34-31-42)59-60(50(5,6)7,43-23-14-12-15-24-43)44-25-16-13-17-26-44/h12-17,23-26,28,30-31,33-34,37,39,41,45-48H,18-22,27,29,32,35-36H2,1-11H3/b38-28+,40-37+/t39-,41?,45-,46-,47?,48-/m0/s1. The van der Waals surface area contributed by atoms with Crippen LogP contribution in [0.3, 0.4) is 0 Å². The van der Waals surface area contributed by atoms with E-state index in [1.54, 1.807) is 0 Å². The Kier molecular flexibility index (Phi) is 16.9. The molecule has 328 valence electrons. The first-order chi connectivity index (χ1) is 28.4. The lowest BCUT2D eigenvalue weighted by Crippen LogP contribution is -2.67. The van der Waals surface area contributed by atoms with Gasteiger partial charge in [-0.25, -0.2) is 0 Å². The summed E-state index contributed by atoms with van der Waals surface area (Å²) in [6.07, 6.45) is 14.7. The number of carbonyl (C=O) groups is 1. The van der Waals surface area contributed by atoms with Crippen LogP contribution in [0.2, 0.25) is 5.04 Å². The molecular formula is C52H75NO6Si. The van der Waals surface area contributed by atoms with Crippen molar-refractivity contribution in [3.63, 3.8) is 0 Å². The van der Waals surface area contributed by atoms with Crippen molar-refractivity contribution in [3.8, 4) is 0 Å². The zero-order valence-electron chi connectivity index (χ0n) is 38.7. The van der Waals surface area contributed by atoms with Crippen LogP contribution in [0.4, 0.5) is 0 Å². The summed E-state index contributed by atoms with van der Waals surface area (Å²) < 4.78 is 32.8. The minimum atomic E-state index is -2.84. The molecule has 8 heteroatoms. The molecule has 0 aliphatic carbocycles. The maximum absolute atomic E-state index is 14.4. The normalized spacial score (nSPS) is 21.5. The third kappa shape index (κ3) is 12.2. The number of ketones is 1. The van der Waals surface area contributed by atoms with Crippen LogP contribution in [0.25, 0.3) is 6.08 Å². The van der Waals surface area contributed by atoms with Crippen molar-refractivity contribution in [2.75, 3.05) is 13.2 Å². The molecule has 2 fully saturated rings. The fraction of sp³-hybridized carbons (Fsp3) is 0.577. The summed E-state index contributed by atoms with van der Waals surface area (Å²) in [5.74, 6) is -0.699. The van der Waals surface area contributed by atoms with E-state index in [9.17, 15) is 4.79 Å². The first kappa shape index (κ1) is 47.8. The van der Waals surface area contributed by atoms with E-state index in [0.29, 0.717) is 19.6 Å². The zero-order valence-corrected chi connectivity index (χ0v) is 39.7. The van der Waals surface area contributed by atoms with E-state index in [2.05, 4.69) is 138 Å². The highest BCUT2D eigenvalue weighted by Crippen LogP contribution is 2.41. The minimum Gasteiger partial charge on any atom is -0.400 e. The number of Topliss-reactive ketones (excluding diaryl/α,β-unsaturated/α-hetero) is 1. The molecule has 2 aliphatic rings. The van der Waals surface area contributed by atoms with Gasteiger partial charge in [0.2, 0.25) is 0 Å². The number of nitrogens with zero attached hydrogens (tertiary/aromatic N) is 1. The second kappa shape index (κ2) is 21.2. The van der Waals surface area contributed by atoms with Crippen LogP contribution in [0.1, 0.15) is 133 Å². The van der Waals surface area contributed by atoms with Crippen LogP contribution in [0.15, 0.2) is 102 Å². The molecule has 0 bridgehead atoms. The van der Waals surface area contributed by atoms with Crippen LogP contribution in [0, 0.1) is 17.3 Å². The summed E-state index contributed by atoms with van der Waals surface area (Å²) in [5.41, 5.74) is 2.95. The molecule has 2 aliphatic heterocycles. The van der Waals surface area contributed by atoms with Crippen molar-refractivity contribution < 1.29 is 28.2 Å². The van der Waals surface area contributed by atoms with Gasteiger partial charge in [-0.05, 0) is 124 Å². The number of hydrogen-bond acceptors (Lipinski definition) is 7. The Hall–Kier alpha value is -3.24. The lowest BCUT2D eigenvalue weighted by atomic mass is 9.72. The highest BCUT2D eigenvalue weighted by Gasteiger charge is 2.52. The maximum atomic E-state index is 14.4. The predicted molar refractivity (Wildman–Crippen MR) is 248 cm³/mol. The minimum absolute atomic E-state index is 0.146. The van der Waals surface area contributed by atoms with Crippen LogP contribution in [-0.2, 0) is 28.2 Å². The maximum Gasteiger partial charge on any atom is 0.261 e. The van der Waals surface area contributed by atoms with Gasteiger partial charge in [-0.3, -0.25) is 9.78 Å². The SMILES string of the molecule is C/C(=C\C[C@H](O[Si](c1ccccc1)(c1ccccc1)C(C)(C)C)/C(C)=C/c1ccncc1)CCC[C@H](C)[C@H](OC1CCCCO1)C(C)C(=O)C(C)(C)[C@@H]1CCOC(C)(C)O1. The van der Waals surface area contributed by atoms with Gasteiger partial charge in [0.1, 0.15) is 5.78 Å². The third-order valence-electron chi connectivity index (χ3n) is 12.9. The molecular weight excluding hydrogens is 763 g/mol. The molecule has 7 nitrogen and oxygen atoms in total. The van der Waals surface area contributed by atoms with Gasteiger partial charge in [0.15, 0.2) is 12.1 Å². The van der Waals surface area contributed by atoms with Gasteiger partial charge in [0.25, 0.3) is 8.32 Å². The van der Waals surface area contributed by atoms with Gasteiger partial charge in [0, 0.05) is 24.9 Å². The van der Waals surface area contributed by atoms with Crippen molar-refractivity contribution in [2.45, 2.75) is 163 Å². The van der Waals surface area contributed by atoms with Gasteiger partial charge in [-0.2, -0.15) is 0 Å². The number of pyridine rings is 1. The molecule has 6 atom stereocenters. The lowest BCUT2D eigenvalue weighted by molar-refractivity contribution is -0.289. The van der Waals surface area contributed by atoms with E-state index in [1.165, 1.54) is 21.5 Å². The second-order valence-corrected chi connectivity index (χ2v) is 23.8. The lowest BCUT2D eigenvalue weighted by Gasteiger charge is -2.45. The van der Waals surface area contributed by atoms with E-state index >= 15 is 0 Å². The quantitative estimate of drug-likeness (QED) is 0.0879. The molecule has 0 spiro atoms. The summed E-state index contributed by atoms with van der Waals surface area (Å²) in [4.78, 5) is 18.7. The predicted octanol–water partition coefficient (Wildman–Crippen LogP) is 11.3. The number of allylic oxidation sites excluding steroid dienone is 1. The van der Waals surface area contributed by atoms with E-state index in [1.807, 2.05) is 40.1 Å². The van der Waals surface area contributed by atoms with Crippen LogP contribution >= 0.6 is 0 Å². The van der Waals surface area contributed by atoms with E-state index < -0.39 is 19.5 Å². The molecule has 3 aromatic rings. The number of hydrogen-bond donors (Lipinski definition) is 0. The molecule has 2 saturated heterocycles. The van der Waals surface area contributed by atoms with Crippen LogP contribution in [0.5, 0.6) is 0 Å². The molecule has 0 N–H and O–H groups in total. The summed E-state index contributed by atoms with van der Waals surface area (Å²) in [6, 6.07) is 25.9. The molecule has 1 aromatic heterocycles. The van der Waals surface area contributed by atoms with E-state index in [4.69, 9.17) is 23.4 Å². The Morgan fingerprint density at radius 3 is 2.10 bits per heavy atom. The molecule has 3 heterocycles. The Labute approximate surface area is 363 Å². The average molecular weight is 838 g/mol. The molecule has 60 heavy (non-hydrogen) atoms. The molecule has 5 rings (SSSR count). The Morgan fingerprint density at radius 2 is 1.53 bits per heavy atom. The number of aromatic nitrogens is 1. The van der Waals surface area contributed by atoms with Crippen molar-refractivity contribution in [1.29, 1.82) is 0 Å². The van der Waals surface area contributed by atoms with Gasteiger partial charge >= 0.3 is 0 Å². The average Bonchev–Trinajstić information content (AvgIpc) is 3.22. The van der Waals surface area contributed by atoms with E-state index in [0.717, 1.165) is 50.5 Å². The molecule has 2 aromatic carbocycles. The molecule has 0 saturated carbocycles. The van der Waals surface area contributed by atoms with Gasteiger partial charge in [0.05, 0.1) is 30.3 Å². The highest BCUT2D eigenvalue weighted by atomic mass is 28.4. The Balaban J connectivity index is 1.35. The molecule has 0 radical (unpaired) electrons. The largest absolute Gasteiger partial charge is 0.400 e. The first-order valence-corrected chi connectivity index (χ1v) is 24.5. The fourth-order valence-electron chi connectivity index (χ4n) is 9.31. The van der Waals surface area contributed by atoms with Crippen molar-refractivity contribution in [2.24, 2.45) is 17.3 Å². The summed E-state index contributed by atoms with van der Waals surface area (Å²) in [5, 5.41) is 2.40. The van der Waals surface area contributed by atoms with E-state index in [-0.39, 0.29) is 47.3 Å². The molecule has 0 amide bonds. The number of ether oxygens (including phenoxy) is 4. The summed E-state index contributed by atoms with van der Waals surface area (Å²) >= 11 is 0. The number of rotatable bonds is 19. The van der Waals surface area contributed by atoms with Crippen molar-refractivity contribution >= 4 is 30.6 Å². The van der Waals surface area contributed by atoms with Crippen LogP contribution in [-0.4, -0.2) is 62.7 Å². The Bertz CT molecular complexity index is 1790. The van der Waals surface area contributed by atoms with Crippen molar-refractivity contribution in [1.82, 2.24) is 4.98 Å². The van der Waals surface area contributed by atoms with Gasteiger partial charge < -0.3 is 23.4 Å². The Morgan fingerprint density at radius 1 is 0.900 bits per heavy atom. The third-order valence-corrected chi connectivity index (χ3v) is 17.9. The monoisotopic (exact) mass is 838 g/mol. The summed E-state index contributed by atoms with van der Waals surface area (Å²) in [6.45, 7) is 25.0. The number of carbonyl (C=O) groups excluding carboxylic acids is 1. The first-order valence-electron chi connectivity index (χ1n) is 22.6. The van der Waals surface area contributed by atoms with Gasteiger partial charge in [-0.1, -0.05) is 127 Å². The number of benzene rings is 2. The smallest absolute Gasteiger partial charge is 0.261 e.